The third kappa shape index (κ3) is 2.02. The first kappa shape index (κ1) is 10.9. The van der Waals surface area contributed by atoms with E-state index in [1.807, 2.05) is 10.9 Å². The van der Waals surface area contributed by atoms with Crippen molar-refractivity contribution < 1.29 is 0 Å². The highest BCUT2D eigenvalue weighted by Gasteiger charge is 2.27. The molecule has 0 N–H and O–H groups in total. The van der Waals surface area contributed by atoms with E-state index >= 15 is 0 Å². The highest BCUT2D eigenvalue weighted by atomic mass is 79.9. The molecule has 0 bridgehead atoms. The molecule has 1 aromatic rings. The second kappa shape index (κ2) is 4.51. The highest BCUT2D eigenvalue weighted by Crippen LogP contribution is 2.27. The minimum absolute atomic E-state index is 0.516. The maximum Gasteiger partial charge on any atom is 0.147 e. The Morgan fingerprint density at radius 1 is 1.60 bits per heavy atom. The fourth-order valence-corrected chi connectivity index (χ4v) is 2.73. The monoisotopic (exact) mass is 272 g/mol. The molecule has 0 spiro atoms. The van der Waals surface area contributed by atoms with Crippen LogP contribution in [-0.4, -0.2) is 32.4 Å². The van der Waals surface area contributed by atoms with Gasteiger partial charge in [0.2, 0.25) is 0 Å². The Balaban J connectivity index is 2.22. The highest BCUT2D eigenvalue weighted by molar-refractivity contribution is 9.09. The van der Waals surface area contributed by atoms with Crippen molar-refractivity contribution in [3.05, 3.63) is 6.20 Å². The number of hydrogen-bond donors (Lipinski definition) is 0. The van der Waals surface area contributed by atoms with E-state index in [1.54, 1.807) is 0 Å². The van der Waals surface area contributed by atoms with Crippen LogP contribution in [0.25, 0.3) is 0 Å². The maximum atomic E-state index is 4.08. The van der Waals surface area contributed by atoms with Crippen LogP contribution in [0, 0.1) is 0 Å². The molecule has 2 heterocycles. The molecule has 2 unspecified atom stereocenters. The number of aryl methyl sites for hydroxylation is 1. The smallest absolute Gasteiger partial charge is 0.147 e. The van der Waals surface area contributed by atoms with Gasteiger partial charge in [0.1, 0.15) is 5.82 Å². The number of rotatable bonds is 2. The third-order valence-electron chi connectivity index (χ3n) is 3.09. The summed E-state index contributed by atoms with van der Waals surface area (Å²) in [5.74, 6) is 1.15. The van der Waals surface area contributed by atoms with Crippen molar-refractivity contribution in [1.29, 1.82) is 0 Å². The molecule has 2 atom stereocenters. The molecule has 0 aliphatic carbocycles. The molecule has 0 amide bonds. The molecule has 5 heteroatoms. The van der Waals surface area contributed by atoms with Crippen LogP contribution in [0.5, 0.6) is 0 Å². The number of piperidine rings is 1. The summed E-state index contributed by atoms with van der Waals surface area (Å²) in [6.07, 6.45) is 4.35. The van der Waals surface area contributed by atoms with Gasteiger partial charge in [-0.25, -0.2) is 4.68 Å². The summed E-state index contributed by atoms with van der Waals surface area (Å²) in [6, 6.07) is 0.516. The van der Waals surface area contributed by atoms with Crippen LogP contribution in [0.3, 0.4) is 0 Å². The van der Waals surface area contributed by atoms with Crippen LogP contribution in [0.4, 0.5) is 5.82 Å². The molecule has 1 aliphatic heterocycles. The van der Waals surface area contributed by atoms with Crippen molar-refractivity contribution in [2.75, 3.05) is 11.4 Å². The summed E-state index contributed by atoms with van der Waals surface area (Å²) >= 11 is 3.73. The lowest BCUT2D eigenvalue weighted by atomic mass is 10.0. The van der Waals surface area contributed by atoms with Gasteiger partial charge in [-0.2, -0.15) is 0 Å². The predicted molar refractivity (Wildman–Crippen MR) is 64.5 cm³/mol. The molecule has 1 fully saturated rings. The Kier molecular flexibility index (Phi) is 3.29. The molecule has 1 aliphatic rings. The lowest BCUT2D eigenvalue weighted by Gasteiger charge is -2.38. The number of nitrogens with zero attached hydrogens (tertiary/aromatic N) is 4. The Morgan fingerprint density at radius 2 is 2.40 bits per heavy atom. The van der Waals surface area contributed by atoms with E-state index < -0.39 is 0 Å². The molecular formula is C10H17BrN4. The molecule has 0 aromatic carbocycles. The number of aromatic nitrogens is 3. The Morgan fingerprint density at radius 3 is 3.13 bits per heavy atom. The quantitative estimate of drug-likeness (QED) is 0.773. The molecule has 0 saturated carbocycles. The fraction of sp³-hybridized carbons (Fsp3) is 0.800. The van der Waals surface area contributed by atoms with Crippen LogP contribution < -0.4 is 4.90 Å². The molecule has 4 nitrogen and oxygen atoms in total. The zero-order valence-electron chi connectivity index (χ0n) is 9.23. The molecular weight excluding hydrogens is 256 g/mol. The van der Waals surface area contributed by atoms with Gasteiger partial charge in [-0.1, -0.05) is 21.1 Å². The number of hydrogen-bond acceptors (Lipinski definition) is 3. The van der Waals surface area contributed by atoms with Gasteiger partial charge in [-0.3, -0.25) is 0 Å². The second-order valence-electron chi connectivity index (χ2n) is 4.00. The first-order valence-electron chi connectivity index (χ1n) is 5.53. The summed E-state index contributed by atoms with van der Waals surface area (Å²) in [7, 11) is 0. The average Bonchev–Trinajstić information content (AvgIpc) is 2.70. The van der Waals surface area contributed by atoms with E-state index in [-0.39, 0.29) is 0 Å². The maximum absolute atomic E-state index is 4.08. The van der Waals surface area contributed by atoms with E-state index in [0.29, 0.717) is 10.9 Å². The van der Waals surface area contributed by atoms with Gasteiger partial charge < -0.3 is 4.90 Å². The van der Waals surface area contributed by atoms with Crippen LogP contribution in [0.15, 0.2) is 6.20 Å². The van der Waals surface area contributed by atoms with Crippen LogP contribution in [0.2, 0.25) is 0 Å². The number of alkyl halides is 1. The van der Waals surface area contributed by atoms with Crippen molar-refractivity contribution in [3.63, 3.8) is 0 Å². The van der Waals surface area contributed by atoms with Gasteiger partial charge in [-0.05, 0) is 26.7 Å². The molecule has 1 aromatic heterocycles. The Hall–Kier alpha value is -0.580. The van der Waals surface area contributed by atoms with E-state index in [0.717, 1.165) is 18.9 Å². The van der Waals surface area contributed by atoms with E-state index in [9.17, 15) is 0 Å². The van der Waals surface area contributed by atoms with Gasteiger partial charge in [0, 0.05) is 24.0 Å². The summed E-state index contributed by atoms with van der Waals surface area (Å²) in [5.41, 5.74) is 0. The summed E-state index contributed by atoms with van der Waals surface area (Å²) in [4.78, 5) is 2.97. The minimum atomic E-state index is 0.516. The number of halogens is 1. The lowest BCUT2D eigenvalue weighted by molar-refractivity contribution is 0.484. The van der Waals surface area contributed by atoms with Gasteiger partial charge in [0.05, 0.1) is 6.20 Å². The van der Waals surface area contributed by atoms with Crippen LogP contribution in [0.1, 0.15) is 26.7 Å². The average molecular weight is 273 g/mol. The third-order valence-corrected chi connectivity index (χ3v) is 4.31. The minimum Gasteiger partial charge on any atom is -0.352 e. The van der Waals surface area contributed by atoms with Gasteiger partial charge in [0.15, 0.2) is 0 Å². The van der Waals surface area contributed by atoms with Gasteiger partial charge in [-0.15, -0.1) is 5.10 Å². The van der Waals surface area contributed by atoms with Gasteiger partial charge >= 0.3 is 0 Å². The first-order valence-corrected chi connectivity index (χ1v) is 6.44. The Labute approximate surface area is 98.8 Å². The molecule has 1 saturated heterocycles. The zero-order valence-corrected chi connectivity index (χ0v) is 10.8. The molecule has 2 rings (SSSR count). The lowest BCUT2D eigenvalue weighted by Crippen LogP contribution is -2.45. The Bertz CT molecular complexity index is 325. The summed E-state index contributed by atoms with van der Waals surface area (Å²) < 4.78 is 1.96. The van der Waals surface area contributed by atoms with E-state index in [2.05, 4.69) is 45.0 Å². The molecule has 0 radical (unpaired) electrons. The topological polar surface area (TPSA) is 34.0 Å². The van der Waals surface area contributed by atoms with Crippen molar-refractivity contribution in [2.45, 2.75) is 44.1 Å². The van der Waals surface area contributed by atoms with Crippen molar-refractivity contribution in [3.8, 4) is 0 Å². The predicted octanol–water partition coefficient (Wildman–Crippen LogP) is 2.05. The number of anilines is 1. The largest absolute Gasteiger partial charge is 0.352 e. The second-order valence-corrected chi connectivity index (χ2v) is 5.18. The summed E-state index contributed by atoms with van der Waals surface area (Å²) in [5, 5.41) is 8.06. The molecule has 15 heavy (non-hydrogen) atoms. The standard InChI is InChI=1S/C10H17BrN4/c1-3-15-10(7-12-13-15)14-6-4-5-9(11)8(14)2/h7-9H,3-6H2,1-2H3. The summed E-state index contributed by atoms with van der Waals surface area (Å²) in [6.45, 7) is 6.34. The van der Waals surface area contributed by atoms with Crippen LogP contribution in [-0.2, 0) is 6.54 Å². The van der Waals surface area contributed by atoms with Crippen LogP contribution >= 0.6 is 15.9 Å². The first-order chi connectivity index (χ1) is 7.24. The normalized spacial score (nSPS) is 27.0. The van der Waals surface area contributed by atoms with Crippen molar-refractivity contribution >= 4 is 21.7 Å². The fourth-order valence-electron chi connectivity index (χ4n) is 2.12. The van der Waals surface area contributed by atoms with Crippen molar-refractivity contribution in [1.82, 2.24) is 15.0 Å². The zero-order chi connectivity index (χ0) is 10.8. The van der Waals surface area contributed by atoms with Crippen molar-refractivity contribution in [2.24, 2.45) is 0 Å². The SMILES string of the molecule is CCn1nncc1N1CCCC(Br)C1C. The van der Waals surface area contributed by atoms with E-state index in [1.165, 1.54) is 12.8 Å². The van der Waals surface area contributed by atoms with Gasteiger partial charge in [0.25, 0.3) is 0 Å². The van der Waals surface area contributed by atoms with E-state index in [4.69, 9.17) is 0 Å². The molecule has 84 valence electrons.